The van der Waals surface area contributed by atoms with Crippen molar-refractivity contribution in [3.8, 4) is 0 Å². The van der Waals surface area contributed by atoms with Gasteiger partial charge < -0.3 is 5.73 Å². The fraction of sp³-hybridized carbons (Fsp3) is 0.286. The molecule has 36 heavy (non-hydrogen) atoms. The van der Waals surface area contributed by atoms with E-state index in [-0.39, 0.29) is 23.3 Å². The molecule has 4 rings (SSSR count). The predicted molar refractivity (Wildman–Crippen MR) is 142 cm³/mol. The van der Waals surface area contributed by atoms with Crippen LogP contribution < -0.4 is 10.5 Å². The molecular formula is C28H32N4O3S. The summed E-state index contributed by atoms with van der Waals surface area (Å²) in [5, 5.41) is 0. The largest absolute Gasteiger partial charge is 0.369 e. The maximum Gasteiger partial charge on any atom is 0.266 e. The smallest absolute Gasteiger partial charge is 0.266 e. The van der Waals surface area contributed by atoms with Gasteiger partial charge in [0.05, 0.1) is 4.90 Å². The van der Waals surface area contributed by atoms with E-state index in [0.29, 0.717) is 25.3 Å². The minimum atomic E-state index is -3.59. The molecule has 0 saturated carbocycles. The van der Waals surface area contributed by atoms with Gasteiger partial charge in [0.15, 0.2) is 11.5 Å². The number of nitrogens with one attached hydrogen (secondary N) is 1. The highest BCUT2D eigenvalue weighted by molar-refractivity contribution is 7.89. The van der Waals surface area contributed by atoms with E-state index in [1.54, 1.807) is 12.1 Å². The van der Waals surface area contributed by atoms with Crippen molar-refractivity contribution in [3.63, 3.8) is 0 Å². The van der Waals surface area contributed by atoms with Crippen molar-refractivity contribution < 1.29 is 13.2 Å². The summed E-state index contributed by atoms with van der Waals surface area (Å²) in [5.74, 6) is 0.295. The Morgan fingerprint density at radius 3 is 1.97 bits per heavy atom. The molecule has 0 aliphatic carbocycles. The van der Waals surface area contributed by atoms with Gasteiger partial charge in [-0.25, -0.2) is 18.1 Å². The molecule has 8 heteroatoms. The summed E-state index contributed by atoms with van der Waals surface area (Å²) in [5.41, 5.74) is 7.62. The third-order valence-electron chi connectivity index (χ3n) is 6.45. The Labute approximate surface area is 213 Å². The summed E-state index contributed by atoms with van der Waals surface area (Å²) in [6, 6.07) is 25.8. The van der Waals surface area contributed by atoms with E-state index in [9.17, 15) is 13.2 Å². The molecule has 0 unspecified atom stereocenters. The molecule has 1 heterocycles. The number of amides is 1. The van der Waals surface area contributed by atoms with Crippen LogP contribution >= 0.6 is 0 Å². The number of benzene rings is 3. The summed E-state index contributed by atoms with van der Waals surface area (Å²) in [6.07, 6.45) is 1.11. The number of carbonyl (C=O) groups is 1. The molecule has 1 amide bonds. The average molecular weight is 505 g/mol. The van der Waals surface area contributed by atoms with E-state index in [1.165, 1.54) is 4.90 Å². The Balaban J connectivity index is 1.40. The van der Waals surface area contributed by atoms with Crippen molar-refractivity contribution >= 4 is 21.9 Å². The fourth-order valence-electron chi connectivity index (χ4n) is 4.41. The summed E-state index contributed by atoms with van der Waals surface area (Å²) in [6.45, 7) is 4.73. The second-order valence-corrected chi connectivity index (χ2v) is 11.0. The Hall–Kier alpha value is -3.49. The summed E-state index contributed by atoms with van der Waals surface area (Å²) in [4.78, 5) is 20.2. The number of carbonyl (C=O) groups excluding carboxylic acids is 1. The summed E-state index contributed by atoms with van der Waals surface area (Å²) in [7, 11) is -3.59. The number of sulfonamides is 1. The van der Waals surface area contributed by atoms with Crippen LogP contribution in [0.5, 0.6) is 0 Å². The van der Waals surface area contributed by atoms with Crippen molar-refractivity contribution in [3.05, 3.63) is 102 Å². The predicted octanol–water partition coefficient (Wildman–Crippen LogP) is 3.97. The number of hydrogen-bond donors (Lipinski definition) is 2. The fourth-order valence-corrected chi connectivity index (χ4v) is 5.49. The van der Waals surface area contributed by atoms with Gasteiger partial charge in [0.1, 0.15) is 0 Å². The third-order valence-corrected chi connectivity index (χ3v) is 7.93. The SMILES string of the molecule is CC(C)c1ccc(S(=O)(=O)NCCCCN2C(=O)C(c3ccccc3)(c3ccccc3)N=C2N)cc1. The molecule has 0 radical (unpaired) electrons. The number of guanidine groups is 1. The normalized spacial score (nSPS) is 15.4. The van der Waals surface area contributed by atoms with E-state index in [1.807, 2.05) is 72.8 Å². The molecule has 1 aliphatic rings. The molecule has 3 N–H and O–H groups in total. The van der Waals surface area contributed by atoms with Crippen LogP contribution in [0.25, 0.3) is 0 Å². The van der Waals surface area contributed by atoms with E-state index < -0.39 is 15.6 Å². The van der Waals surface area contributed by atoms with Crippen LogP contribution in [0.2, 0.25) is 0 Å². The number of nitrogens with two attached hydrogens (primary N) is 1. The van der Waals surface area contributed by atoms with Crippen LogP contribution in [0.1, 0.15) is 49.3 Å². The maximum absolute atomic E-state index is 13.7. The molecule has 1 aliphatic heterocycles. The van der Waals surface area contributed by atoms with Gasteiger partial charge in [-0.2, -0.15) is 0 Å². The molecule has 7 nitrogen and oxygen atoms in total. The minimum Gasteiger partial charge on any atom is -0.369 e. The van der Waals surface area contributed by atoms with Crippen molar-refractivity contribution in [2.45, 2.75) is 43.0 Å². The van der Waals surface area contributed by atoms with Gasteiger partial charge in [-0.3, -0.25) is 9.69 Å². The first kappa shape index (κ1) is 25.6. The highest BCUT2D eigenvalue weighted by Gasteiger charge is 2.50. The molecule has 0 spiro atoms. The molecular weight excluding hydrogens is 472 g/mol. The summed E-state index contributed by atoms with van der Waals surface area (Å²) >= 11 is 0. The molecule has 0 aromatic heterocycles. The number of nitrogens with zero attached hydrogens (tertiary/aromatic N) is 2. The lowest BCUT2D eigenvalue weighted by atomic mass is 9.83. The van der Waals surface area contributed by atoms with Crippen LogP contribution in [0.4, 0.5) is 0 Å². The number of rotatable bonds is 10. The van der Waals surface area contributed by atoms with Crippen LogP contribution in [0.15, 0.2) is 94.8 Å². The lowest BCUT2D eigenvalue weighted by molar-refractivity contribution is -0.130. The van der Waals surface area contributed by atoms with Gasteiger partial charge in [0.25, 0.3) is 5.91 Å². The Bertz CT molecular complexity index is 1280. The Morgan fingerprint density at radius 2 is 1.44 bits per heavy atom. The first-order chi connectivity index (χ1) is 17.3. The number of unbranched alkanes of at least 4 members (excludes halogenated alkanes) is 1. The zero-order valence-corrected chi connectivity index (χ0v) is 21.4. The van der Waals surface area contributed by atoms with Crippen molar-refractivity contribution in [2.24, 2.45) is 10.7 Å². The van der Waals surface area contributed by atoms with E-state index in [0.717, 1.165) is 16.7 Å². The molecule has 0 saturated heterocycles. The number of aliphatic imine (C=N–C) groups is 1. The quantitative estimate of drug-likeness (QED) is 0.408. The third kappa shape index (κ3) is 5.05. The highest BCUT2D eigenvalue weighted by atomic mass is 32.2. The standard InChI is InChI=1S/C28H32N4O3S/c1-21(2)22-15-17-25(18-16-22)36(34,35)30-19-9-10-20-32-26(33)28(31-27(32)29,23-11-5-3-6-12-23)24-13-7-4-8-14-24/h3-8,11-18,21,30H,9-10,19-20H2,1-2H3,(H2,29,31). The zero-order chi connectivity index (χ0) is 25.8. The first-order valence-corrected chi connectivity index (χ1v) is 13.6. The van der Waals surface area contributed by atoms with Crippen molar-refractivity contribution in [2.75, 3.05) is 13.1 Å². The van der Waals surface area contributed by atoms with Gasteiger partial charge >= 0.3 is 0 Å². The second kappa shape index (κ2) is 10.6. The first-order valence-electron chi connectivity index (χ1n) is 12.1. The molecule has 3 aromatic carbocycles. The van der Waals surface area contributed by atoms with E-state index in [2.05, 4.69) is 23.6 Å². The Morgan fingerprint density at radius 1 is 0.889 bits per heavy atom. The van der Waals surface area contributed by atoms with Crippen LogP contribution in [0.3, 0.4) is 0 Å². The second-order valence-electron chi connectivity index (χ2n) is 9.20. The Kier molecular flexibility index (Phi) is 7.56. The maximum atomic E-state index is 13.7. The lowest BCUT2D eigenvalue weighted by Crippen LogP contribution is -2.44. The molecule has 188 valence electrons. The van der Waals surface area contributed by atoms with Gasteiger partial charge in [-0.15, -0.1) is 0 Å². The minimum absolute atomic E-state index is 0.165. The van der Waals surface area contributed by atoms with Crippen LogP contribution in [-0.2, 0) is 20.4 Å². The van der Waals surface area contributed by atoms with E-state index in [4.69, 9.17) is 5.73 Å². The summed E-state index contributed by atoms with van der Waals surface area (Å²) < 4.78 is 27.9. The van der Waals surface area contributed by atoms with Gasteiger partial charge in [-0.1, -0.05) is 86.6 Å². The molecule has 3 aromatic rings. The monoisotopic (exact) mass is 504 g/mol. The molecule has 0 atom stereocenters. The van der Waals surface area contributed by atoms with Crippen LogP contribution in [0, 0.1) is 0 Å². The lowest BCUT2D eigenvalue weighted by Gasteiger charge is -2.27. The van der Waals surface area contributed by atoms with Gasteiger partial charge in [0.2, 0.25) is 10.0 Å². The van der Waals surface area contributed by atoms with Crippen LogP contribution in [-0.4, -0.2) is 38.3 Å². The van der Waals surface area contributed by atoms with Gasteiger partial charge in [-0.05, 0) is 47.6 Å². The van der Waals surface area contributed by atoms with Crippen molar-refractivity contribution in [1.29, 1.82) is 0 Å². The molecule has 0 fully saturated rings. The van der Waals surface area contributed by atoms with Crippen molar-refractivity contribution in [1.82, 2.24) is 9.62 Å². The zero-order valence-electron chi connectivity index (χ0n) is 20.6. The topological polar surface area (TPSA) is 105 Å². The number of hydrogen-bond acceptors (Lipinski definition) is 5. The van der Waals surface area contributed by atoms with E-state index >= 15 is 0 Å². The highest BCUT2D eigenvalue weighted by Crippen LogP contribution is 2.39. The van der Waals surface area contributed by atoms with Gasteiger partial charge in [0, 0.05) is 13.1 Å². The average Bonchev–Trinajstić information content (AvgIpc) is 3.15. The molecule has 0 bridgehead atoms.